The summed E-state index contributed by atoms with van der Waals surface area (Å²) < 4.78 is 0. The minimum atomic E-state index is -0.555. The third kappa shape index (κ3) is 2.35. The number of anilines is 1. The van der Waals surface area contributed by atoms with Crippen molar-refractivity contribution < 1.29 is 9.59 Å². The van der Waals surface area contributed by atoms with Gasteiger partial charge in [-0.1, -0.05) is 6.07 Å². The van der Waals surface area contributed by atoms with Crippen molar-refractivity contribution in [3.8, 4) is 0 Å². The largest absolute Gasteiger partial charge is 0.329 e. The standard InChI is InChI=1S/C19H21N3O2/c1-13-11-14-5-2-9-20-16(14)15(12-13)21-17(23)18(24)22-10-4-8-19(22)6-3-7-19/h2,5,9,11-12H,3-4,6-8,10H2,1H3,(H,21,23). The van der Waals surface area contributed by atoms with Gasteiger partial charge >= 0.3 is 11.8 Å². The number of hydrogen-bond donors (Lipinski definition) is 1. The van der Waals surface area contributed by atoms with Crippen molar-refractivity contribution in [3.63, 3.8) is 0 Å². The van der Waals surface area contributed by atoms with Gasteiger partial charge in [0.05, 0.1) is 11.2 Å². The monoisotopic (exact) mass is 323 g/mol. The lowest BCUT2D eigenvalue weighted by molar-refractivity contribution is -0.148. The van der Waals surface area contributed by atoms with E-state index >= 15 is 0 Å². The number of nitrogens with one attached hydrogen (secondary N) is 1. The normalized spacial score (nSPS) is 18.6. The summed E-state index contributed by atoms with van der Waals surface area (Å²) in [5.41, 5.74) is 2.30. The van der Waals surface area contributed by atoms with Crippen LogP contribution >= 0.6 is 0 Å². The van der Waals surface area contributed by atoms with Crippen LogP contribution in [0.1, 0.15) is 37.7 Å². The molecule has 1 saturated carbocycles. The highest BCUT2D eigenvalue weighted by atomic mass is 16.2. The Labute approximate surface area is 141 Å². The average molecular weight is 323 g/mol. The number of pyridine rings is 1. The molecule has 4 rings (SSSR count). The van der Waals surface area contributed by atoms with Crippen LogP contribution < -0.4 is 5.32 Å². The highest BCUT2D eigenvalue weighted by molar-refractivity contribution is 6.40. The van der Waals surface area contributed by atoms with Crippen molar-refractivity contribution in [2.24, 2.45) is 0 Å². The van der Waals surface area contributed by atoms with Crippen LogP contribution in [0.4, 0.5) is 5.69 Å². The number of amides is 2. The van der Waals surface area contributed by atoms with Crippen LogP contribution in [0.5, 0.6) is 0 Å². The Balaban J connectivity index is 1.59. The minimum absolute atomic E-state index is 0.0403. The first-order chi connectivity index (χ1) is 11.6. The smallest absolute Gasteiger partial charge is 0.313 e. The molecule has 5 heteroatoms. The molecular weight excluding hydrogens is 302 g/mol. The lowest BCUT2D eigenvalue weighted by Gasteiger charge is -2.45. The van der Waals surface area contributed by atoms with Crippen molar-refractivity contribution in [1.82, 2.24) is 9.88 Å². The Morgan fingerprint density at radius 2 is 2.00 bits per heavy atom. The van der Waals surface area contributed by atoms with E-state index in [2.05, 4.69) is 10.3 Å². The second-order valence-corrected chi connectivity index (χ2v) is 6.98. The summed E-state index contributed by atoms with van der Waals surface area (Å²) >= 11 is 0. The van der Waals surface area contributed by atoms with Gasteiger partial charge in [-0.2, -0.15) is 0 Å². The molecule has 2 aromatic rings. The number of aryl methyl sites for hydroxylation is 1. The zero-order valence-corrected chi connectivity index (χ0v) is 13.8. The highest BCUT2D eigenvalue weighted by Crippen LogP contribution is 2.45. The summed E-state index contributed by atoms with van der Waals surface area (Å²) in [4.78, 5) is 31.4. The lowest BCUT2D eigenvalue weighted by atomic mass is 9.75. The van der Waals surface area contributed by atoms with E-state index in [1.807, 2.05) is 31.2 Å². The molecule has 0 unspecified atom stereocenters. The molecule has 1 aromatic heterocycles. The zero-order valence-electron chi connectivity index (χ0n) is 13.8. The van der Waals surface area contributed by atoms with Crippen LogP contribution in [0, 0.1) is 6.92 Å². The molecule has 124 valence electrons. The Hall–Kier alpha value is -2.43. The predicted molar refractivity (Wildman–Crippen MR) is 92.6 cm³/mol. The first kappa shape index (κ1) is 15.1. The second kappa shape index (κ2) is 5.58. The maximum atomic E-state index is 12.7. The van der Waals surface area contributed by atoms with Crippen LogP contribution in [-0.2, 0) is 9.59 Å². The Morgan fingerprint density at radius 3 is 2.75 bits per heavy atom. The number of hydrogen-bond acceptors (Lipinski definition) is 3. The van der Waals surface area contributed by atoms with E-state index in [1.54, 1.807) is 11.1 Å². The van der Waals surface area contributed by atoms with Crippen LogP contribution in [0.3, 0.4) is 0 Å². The molecule has 1 spiro atoms. The molecular formula is C19H21N3O2. The van der Waals surface area contributed by atoms with Crippen LogP contribution in [-0.4, -0.2) is 33.8 Å². The van der Waals surface area contributed by atoms with Gasteiger partial charge in [-0.05, 0) is 62.8 Å². The minimum Gasteiger partial charge on any atom is -0.329 e. The van der Waals surface area contributed by atoms with Gasteiger partial charge in [-0.15, -0.1) is 0 Å². The van der Waals surface area contributed by atoms with Gasteiger partial charge in [0.1, 0.15) is 0 Å². The van der Waals surface area contributed by atoms with Crippen molar-refractivity contribution in [3.05, 3.63) is 36.0 Å². The molecule has 2 amide bonds. The molecule has 24 heavy (non-hydrogen) atoms. The number of carbonyl (C=O) groups is 2. The summed E-state index contributed by atoms with van der Waals surface area (Å²) in [7, 11) is 0. The molecule has 2 heterocycles. The lowest BCUT2D eigenvalue weighted by Crippen LogP contribution is -2.54. The van der Waals surface area contributed by atoms with E-state index < -0.39 is 11.8 Å². The number of carbonyl (C=O) groups excluding carboxylic acids is 2. The number of benzene rings is 1. The molecule has 1 N–H and O–H groups in total. The van der Waals surface area contributed by atoms with Crippen molar-refractivity contribution in [2.45, 2.75) is 44.6 Å². The molecule has 5 nitrogen and oxygen atoms in total. The van der Waals surface area contributed by atoms with Gasteiger partial charge in [0.15, 0.2) is 0 Å². The number of likely N-dealkylation sites (tertiary alicyclic amines) is 1. The second-order valence-electron chi connectivity index (χ2n) is 6.98. The summed E-state index contributed by atoms with van der Waals surface area (Å²) in [6.45, 7) is 2.66. The summed E-state index contributed by atoms with van der Waals surface area (Å²) in [6.07, 6.45) is 6.92. The summed E-state index contributed by atoms with van der Waals surface area (Å²) in [6, 6.07) is 7.70. The molecule has 0 bridgehead atoms. The number of rotatable bonds is 1. The van der Waals surface area contributed by atoms with E-state index in [0.29, 0.717) is 17.7 Å². The van der Waals surface area contributed by atoms with Gasteiger partial charge in [-0.25, -0.2) is 0 Å². The zero-order chi connectivity index (χ0) is 16.7. The third-order valence-electron chi connectivity index (χ3n) is 5.42. The van der Waals surface area contributed by atoms with Gasteiger partial charge in [0, 0.05) is 23.7 Å². The maximum absolute atomic E-state index is 12.7. The molecule has 0 atom stereocenters. The van der Waals surface area contributed by atoms with Crippen LogP contribution in [0.2, 0.25) is 0 Å². The first-order valence-corrected chi connectivity index (χ1v) is 8.57. The number of fused-ring (bicyclic) bond motifs is 1. The van der Waals surface area contributed by atoms with E-state index in [-0.39, 0.29) is 5.54 Å². The van der Waals surface area contributed by atoms with E-state index in [9.17, 15) is 9.59 Å². The van der Waals surface area contributed by atoms with Gasteiger partial charge in [0.25, 0.3) is 0 Å². The summed E-state index contributed by atoms with van der Waals surface area (Å²) in [5.74, 6) is -0.960. The Bertz CT molecular complexity index is 826. The van der Waals surface area contributed by atoms with Crippen molar-refractivity contribution in [1.29, 1.82) is 0 Å². The van der Waals surface area contributed by atoms with Crippen molar-refractivity contribution in [2.75, 3.05) is 11.9 Å². The SMILES string of the molecule is Cc1cc(NC(=O)C(=O)N2CCCC23CCC3)c2ncccc2c1. The first-order valence-electron chi connectivity index (χ1n) is 8.57. The topological polar surface area (TPSA) is 62.3 Å². The van der Waals surface area contributed by atoms with E-state index in [0.717, 1.165) is 43.1 Å². The molecule has 0 radical (unpaired) electrons. The number of aromatic nitrogens is 1. The fraction of sp³-hybridized carbons (Fsp3) is 0.421. The van der Waals surface area contributed by atoms with E-state index in [1.165, 1.54) is 0 Å². The molecule has 2 fully saturated rings. The van der Waals surface area contributed by atoms with Crippen LogP contribution in [0.15, 0.2) is 30.5 Å². The average Bonchev–Trinajstić information content (AvgIpc) is 2.99. The predicted octanol–water partition coefficient (Wildman–Crippen LogP) is 3.03. The molecule has 1 saturated heterocycles. The maximum Gasteiger partial charge on any atom is 0.313 e. The highest BCUT2D eigenvalue weighted by Gasteiger charge is 2.49. The summed E-state index contributed by atoms with van der Waals surface area (Å²) in [5, 5.41) is 3.75. The molecule has 1 aliphatic heterocycles. The van der Waals surface area contributed by atoms with Gasteiger partial charge in [0.2, 0.25) is 0 Å². The van der Waals surface area contributed by atoms with Gasteiger partial charge < -0.3 is 10.2 Å². The van der Waals surface area contributed by atoms with Crippen LogP contribution in [0.25, 0.3) is 10.9 Å². The molecule has 2 aliphatic rings. The van der Waals surface area contributed by atoms with Crippen molar-refractivity contribution >= 4 is 28.4 Å². The quantitative estimate of drug-likeness (QED) is 0.821. The molecule has 1 aromatic carbocycles. The molecule has 1 aliphatic carbocycles. The third-order valence-corrected chi connectivity index (χ3v) is 5.42. The number of nitrogens with zero attached hydrogens (tertiary/aromatic N) is 2. The van der Waals surface area contributed by atoms with Gasteiger partial charge in [-0.3, -0.25) is 14.6 Å². The fourth-order valence-corrected chi connectivity index (χ4v) is 4.10. The Kier molecular flexibility index (Phi) is 3.52. The Morgan fingerprint density at radius 1 is 1.21 bits per heavy atom. The fourth-order valence-electron chi connectivity index (χ4n) is 4.10. The van der Waals surface area contributed by atoms with E-state index in [4.69, 9.17) is 0 Å².